The molecule has 0 aromatic rings. The molecule has 1 aliphatic carbocycles. The van der Waals surface area contributed by atoms with Gasteiger partial charge in [-0.15, -0.1) is 0 Å². The zero-order valence-corrected chi connectivity index (χ0v) is 6.12. The van der Waals surface area contributed by atoms with Crippen molar-refractivity contribution in [2.75, 3.05) is 0 Å². The second-order valence-corrected chi connectivity index (χ2v) is 3.08. The van der Waals surface area contributed by atoms with Crippen molar-refractivity contribution < 1.29 is 9.63 Å². The van der Waals surface area contributed by atoms with Gasteiger partial charge in [0, 0.05) is 6.04 Å². The summed E-state index contributed by atoms with van der Waals surface area (Å²) in [4.78, 5) is 15.5. The Kier molecular flexibility index (Phi) is 1.42. The lowest BCUT2D eigenvalue weighted by molar-refractivity contribution is -0.143. The Balaban J connectivity index is 2.15. The van der Waals surface area contributed by atoms with E-state index in [-0.39, 0.29) is 17.9 Å². The summed E-state index contributed by atoms with van der Waals surface area (Å²) in [5, 5.41) is 3.68. The van der Waals surface area contributed by atoms with Crippen molar-refractivity contribution in [3.8, 4) is 0 Å². The van der Waals surface area contributed by atoms with E-state index in [1.54, 1.807) is 0 Å². The highest BCUT2D eigenvalue weighted by Crippen LogP contribution is 2.26. The van der Waals surface area contributed by atoms with Crippen LogP contribution < -0.4 is 5.73 Å². The maximum atomic E-state index is 11.0. The zero-order valence-electron chi connectivity index (χ0n) is 6.12. The minimum Gasteiger partial charge on any atom is -0.328 e. The van der Waals surface area contributed by atoms with Gasteiger partial charge in [0.1, 0.15) is 5.92 Å². The van der Waals surface area contributed by atoms with Crippen molar-refractivity contribution in [2.45, 2.75) is 25.3 Å². The van der Waals surface area contributed by atoms with E-state index in [2.05, 4.69) is 9.99 Å². The second-order valence-electron chi connectivity index (χ2n) is 3.08. The van der Waals surface area contributed by atoms with E-state index in [1.165, 1.54) is 0 Å². The molecule has 0 saturated heterocycles. The molecule has 11 heavy (non-hydrogen) atoms. The standard InChI is InChI=1S/C7H10N2O2/c8-4-1-2-6-5(3-4)7(10)11-9-6/h4-5H,1-3,8H2. The second kappa shape index (κ2) is 2.30. The van der Waals surface area contributed by atoms with Crippen LogP contribution in [0.5, 0.6) is 0 Å². The molecule has 60 valence electrons. The number of carbonyl (C=O) groups is 1. The van der Waals surface area contributed by atoms with Crippen LogP contribution in [-0.4, -0.2) is 17.7 Å². The average molecular weight is 154 g/mol. The van der Waals surface area contributed by atoms with Crippen molar-refractivity contribution in [1.82, 2.24) is 0 Å². The molecule has 2 unspecified atom stereocenters. The third-order valence-electron chi connectivity index (χ3n) is 2.25. The molecule has 4 nitrogen and oxygen atoms in total. The quantitative estimate of drug-likeness (QED) is 0.500. The summed E-state index contributed by atoms with van der Waals surface area (Å²) in [5.74, 6) is -0.353. The highest BCUT2D eigenvalue weighted by atomic mass is 16.7. The number of carbonyl (C=O) groups excluding carboxylic acids is 1. The van der Waals surface area contributed by atoms with Crippen LogP contribution in [0, 0.1) is 5.92 Å². The maximum absolute atomic E-state index is 11.0. The monoisotopic (exact) mass is 154 g/mol. The van der Waals surface area contributed by atoms with Gasteiger partial charge in [-0.3, -0.25) is 0 Å². The van der Waals surface area contributed by atoms with Gasteiger partial charge >= 0.3 is 5.97 Å². The van der Waals surface area contributed by atoms with Gasteiger partial charge in [-0.05, 0) is 19.3 Å². The molecule has 2 atom stereocenters. The first-order valence-electron chi connectivity index (χ1n) is 3.80. The van der Waals surface area contributed by atoms with E-state index in [9.17, 15) is 4.79 Å². The lowest BCUT2D eigenvalue weighted by atomic mass is 9.85. The molecular formula is C7H10N2O2. The largest absolute Gasteiger partial charge is 0.343 e. The molecule has 0 aromatic carbocycles. The molecule has 4 heteroatoms. The molecule has 0 amide bonds. The summed E-state index contributed by atoms with van der Waals surface area (Å²) in [5.41, 5.74) is 6.58. The van der Waals surface area contributed by atoms with Crippen molar-refractivity contribution >= 4 is 11.7 Å². The Hall–Kier alpha value is -0.900. The summed E-state index contributed by atoms with van der Waals surface area (Å²) in [6, 6.07) is 0.143. The topological polar surface area (TPSA) is 64.7 Å². The van der Waals surface area contributed by atoms with Gasteiger partial charge < -0.3 is 10.6 Å². The zero-order chi connectivity index (χ0) is 7.84. The number of hydrogen-bond acceptors (Lipinski definition) is 4. The average Bonchev–Trinajstić information content (AvgIpc) is 2.33. The third kappa shape index (κ3) is 1.03. The Labute approximate surface area is 64.4 Å². The van der Waals surface area contributed by atoms with E-state index in [4.69, 9.17) is 5.73 Å². The first-order valence-corrected chi connectivity index (χ1v) is 3.80. The van der Waals surface area contributed by atoms with Gasteiger partial charge in [0.05, 0.1) is 5.71 Å². The van der Waals surface area contributed by atoms with Crippen molar-refractivity contribution in [2.24, 2.45) is 16.8 Å². The third-order valence-corrected chi connectivity index (χ3v) is 2.25. The van der Waals surface area contributed by atoms with Crippen LogP contribution in [0.4, 0.5) is 0 Å². The summed E-state index contributed by atoms with van der Waals surface area (Å²) in [7, 11) is 0. The minimum atomic E-state index is -0.227. The number of fused-ring (bicyclic) bond motifs is 1. The normalized spacial score (nSPS) is 36.1. The van der Waals surface area contributed by atoms with E-state index in [0.717, 1.165) is 18.6 Å². The molecule has 1 fully saturated rings. The number of nitrogens with zero attached hydrogens (tertiary/aromatic N) is 1. The van der Waals surface area contributed by atoms with Crippen LogP contribution in [0.2, 0.25) is 0 Å². The highest BCUT2D eigenvalue weighted by Gasteiger charge is 2.36. The molecular weight excluding hydrogens is 144 g/mol. The van der Waals surface area contributed by atoms with Gasteiger partial charge in [-0.2, -0.15) is 0 Å². The Bertz CT molecular complexity index is 224. The van der Waals surface area contributed by atoms with Crippen molar-refractivity contribution in [3.63, 3.8) is 0 Å². The van der Waals surface area contributed by atoms with Gasteiger partial charge in [-0.25, -0.2) is 4.79 Å². The lowest BCUT2D eigenvalue weighted by Gasteiger charge is -2.20. The van der Waals surface area contributed by atoms with Gasteiger partial charge in [-0.1, -0.05) is 5.16 Å². The highest BCUT2D eigenvalue weighted by molar-refractivity contribution is 6.05. The molecule has 0 radical (unpaired) electrons. The van der Waals surface area contributed by atoms with E-state index in [1.807, 2.05) is 0 Å². The molecule has 1 aliphatic heterocycles. The Morgan fingerprint density at radius 2 is 2.45 bits per heavy atom. The summed E-state index contributed by atoms with van der Waals surface area (Å²) >= 11 is 0. The van der Waals surface area contributed by atoms with Crippen molar-refractivity contribution in [3.05, 3.63) is 0 Å². The smallest absolute Gasteiger partial charge is 0.328 e. The molecule has 2 aliphatic rings. The van der Waals surface area contributed by atoms with Gasteiger partial charge in [0.2, 0.25) is 0 Å². The summed E-state index contributed by atoms with van der Waals surface area (Å²) in [6.45, 7) is 0. The summed E-state index contributed by atoms with van der Waals surface area (Å²) in [6.07, 6.45) is 2.45. The minimum absolute atomic E-state index is 0.126. The van der Waals surface area contributed by atoms with E-state index in [0.29, 0.717) is 6.42 Å². The van der Waals surface area contributed by atoms with Crippen LogP contribution in [0.3, 0.4) is 0 Å². The Morgan fingerprint density at radius 3 is 3.27 bits per heavy atom. The van der Waals surface area contributed by atoms with Crippen LogP contribution in [-0.2, 0) is 9.63 Å². The number of hydrogen-bond donors (Lipinski definition) is 1. The maximum Gasteiger partial charge on any atom is 0.343 e. The van der Waals surface area contributed by atoms with Crippen LogP contribution in [0.15, 0.2) is 5.16 Å². The van der Waals surface area contributed by atoms with E-state index >= 15 is 0 Å². The van der Waals surface area contributed by atoms with E-state index < -0.39 is 0 Å². The van der Waals surface area contributed by atoms with Crippen LogP contribution in [0.25, 0.3) is 0 Å². The number of oxime groups is 1. The molecule has 0 aromatic heterocycles. The predicted molar refractivity (Wildman–Crippen MR) is 38.8 cm³/mol. The van der Waals surface area contributed by atoms with Crippen LogP contribution >= 0.6 is 0 Å². The fourth-order valence-corrected chi connectivity index (χ4v) is 1.57. The molecule has 0 spiro atoms. The first-order chi connectivity index (χ1) is 5.27. The SMILES string of the molecule is NC1CCC2=NOC(=O)C2C1. The predicted octanol–water partition coefficient (Wildman–Crippen LogP) is 0.0266. The lowest BCUT2D eigenvalue weighted by Crippen LogP contribution is -2.34. The van der Waals surface area contributed by atoms with Gasteiger partial charge in [0.15, 0.2) is 0 Å². The Morgan fingerprint density at radius 1 is 1.64 bits per heavy atom. The molecule has 1 saturated carbocycles. The molecule has 2 rings (SSSR count). The number of rotatable bonds is 0. The molecule has 0 bridgehead atoms. The van der Waals surface area contributed by atoms with Crippen LogP contribution in [0.1, 0.15) is 19.3 Å². The first kappa shape index (κ1) is 6.79. The van der Waals surface area contributed by atoms with Crippen molar-refractivity contribution in [1.29, 1.82) is 0 Å². The molecule has 2 N–H and O–H groups in total. The fourth-order valence-electron chi connectivity index (χ4n) is 1.57. The fraction of sp³-hybridized carbons (Fsp3) is 0.714. The number of nitrogens with two attached hydrogens (primary N) is 1. The molecule has 1 heterocycles. The van der Waals surface area contributed by atoms with Gasteiger partial charge in [0.25, 0.3) is 0 Å². The summed E-state index contributed by atoms with van der Waals surface area (Å²) < 4.78 is 0.